The molecule has 1 saturated carbocycles. The zero-order chi connectivity index (χ0) is 14.9. The van der Waals surface area contributed by atoms with Gasteiger partial charge in [0, 0.05) is 6.07 Å². The number of anilines is 1. The van der Waals surface area contributed by atoms with Crippen LogP contribution in [0.15, 0.2) is 16.6 Å². The van der Waals surface area contributed by atoms with Crippen molar-refractivity contribution in [1.82, 2.24) is 0 Å². The lowest BCUT2D eigenvalue weighted by Gasteiger charge is -2.16. The van der Waals surface area contributed by atoms with Crippen molar-refractivity contribution in [2.75, 3.05) is 5.32 Å². The number of aliphatic carboxylic acids is 1. The Kier molecular flexibility index (Phi) is 4.37. The molecule has 0 unspecified atom stereocenters. The number of carbonyl (C=O) groups is 2. The molecule has 2 atom stereocenters. The van der Waals surface area contributed by atoms with Gasteiger partial charge in [-0.3, -0.25) is 9.59 Å². The molecule has 2 N–H and O–H groups in total. The first-order chi connectivity index (χ1) is 9.40. The largest absolute Gasteiger partial charge is 0.481 e. The summed E-state index contributed by atoms with van der Waals surface area (Å²) >= 11 is 2.84. The molecule has 1 aliphatic rings. The first-order valence-corrected chi connectivity index (χ1v) is 6.87. The monoisotopic (exact) mass is 347 g/mol. The van der Waals surface area contributed by atoms with Gasteiger partial charge in [0.15, 0.2) is 0 Å². The van der Waals surface area contributed by atoms with Gasteiger partial charge in [-0.2, -0.15) is 0 Å². The summed E-state index contributed by atoms with van der Waals surface area (Å²) in [6, 6.07) is 1.77. The van der Waals surface area contributed by atoms with Crippen molar-refractivity contribution < 1.29 is 23.5 Å². The molecule has 0 heterocycles. The lowest BCUT2D eigenvalue weighted by Crippen LogP contribution is -2.30. The Morgan fingerprint density at radius 3 is 2.50 bits per heavy atom. The smallest absolute Gasteiger partial charge is 0.307 e. The van der Waals surface area contributed by atoms with Crippen molar-refractivity contribution in [2.45, 2.75) is 19.3 Å². The van der Waals surface area contributed by atoms with Crippen LogP contribution < -0.4 is 5.32 Å². The van der Waals surface area contributed by atoms with Crippen molar-refractivity contribution >= 4 is 33.5 Å². The number of halogens is 3. The molecule has 108 valence electrons. The lowest BCUT2D eigenvalue weighted by molar-refractivity contribution is -0.145. The molecule has 0 radical (unpaired) electrons. The average Bonchev–Trinajstić information content (AvgIpc) is 2.85. The zero-order valence-electron chi connectivity index (χ0n) is 10.3. The maximum absolute atomic E-state index is 13.6. The van der Waals surface area contributed by atoms with E-state index in [1.165, 1.54) is 0 Å². The Balaban J connectivity index is 2.16. The molecule has 20 heavy (non-hydrogen) atoms. The van der Waals surface area contributed by atoms with E-state index in [0.29, 0.717) is 19.3 Å². The zero-order valence-corrected chi connectivity index (χ0v) is 11.9. The van der Waals surface area contributed by atoms with Crippen LogP contribution in [0.1, 0.15) is 19.3 Å². The Labute approximate surface area is 122 Å². The number of rotatable bonds is 3. The maximum atomic E-state index is 13.6. The van der Waals surface area contributed by atoms with Gasteiger partial charge in [0.25, 0.3) is 0 Å². The Morgan fingerprint density at radius 1 is 1.20 bits per heavy atom. The van der Waals surface area contributed by atoms with Crippen LogP contribution in [0.2, 0.25) is 0 Å². The van der Waals surface area contributed by atoms with Crippen LogP contribution in [0.25, 0.3) is 0 Å². The van der Waals surface area contributed by atoms with E-state index >= 15 is 0 Å². The fourth-order valence-electron chi connectivity index (χ4n) is 2.41. The second-order valence-corrected chi connectivity index (χ2v) is 5.57. The molecule has 0 spiro atoms. The van der Waals surface area contributed by atoms with Crippen LogP contribution in [0.5, 0.6) is 0 Å². The van der Waals surface area contributed by atoms with E-state index in [4.69, 9.17) is 5.11 Å². The number of carboxylic acids is 1. The highest BCUT2D eigenvalue weighted by atomic mass is 79.9. The molecule has 1 fully saturated rings. The molecule has 1 amide bonds. The van der Waals surface area contributed by atoms with Crippen molar-refractivity contribution in [3.8, 4) is 0 Å². The molecule has 4 nitrogen and oxygen atoms in total. The minimum atomic E-state index is -1.04. The minimum absolute atomic E-state index is 0.0442. The maximum Gasteiger partial charge on any atom is 0.307 e. The normalized spacial score (nSPS) is 21.8. The highest BCUT2D eigenvalue weighted by Gasteiger charge is 2.37. The van der Waals surface area contributed by atoms with Crippen LogP contribution in [-0.4, -0.2) is 17.0 Å². The van der Waals surface area contributed by atoms with Gasteiger partial charge in [0.2, 0.25) is 5.91 Å². The second-order valence-electron chi connectivity index (χ2n) is 4.72. The predicted octanol–water partition coefficient (Wildman–Crippen LogP) is 3.17. The molecule has 0 aromatic heterocycles. The fourth-order valence-corrected chi connectivity index (χ4v) is 2.73. The molecular weight excluding hydrogens is 336 g/mol. The Morgan fingerprint density at radius 2 is 1.85 bits per heavy atom. The molecule has 0 bridgehead atoms. The van der Waals surface area contributed by atoms with Gasteiger partial charge in [-0.25, -0.2) is 8.78 Å². The summed E-state index contributed by atoms with van der Waals surface area (Å²) in [5.41, 5.74) is -0.285. The summed E-state index contributed by atoms with van der Waals surface area (Å²) in [5, 5.41) is 11.3. The summed E-state index contributed by atoms with van der Waals surface area (Å²) < 4.78 is 26.9. The standard InChI is InChI=1S/C13H12BrF2NO3/c14-8-4-10(16)11(5-9(8)15)17-12(18)6-2-1-3-7(6)13(19)20/h4-7H,1-3H2,(H,17,18)(H,19,20)/t6-,7+/m1/s1. The highest BCUT2D eigenvalue weighted by Crippen LogP contribution is 2.33. The summed E-state index contributed by atoms with van der Waals surface area (Å²) in [6.45, 7) is 0. The summed E-state index contributed by atoms with van der Waals surface area (Å²) in [7, 11) is 0. The lowest BCUT2D eigenvalue weighted by atomic mass is 9.95. The fraction of sp³-hybridized carbons (Fsp3) is 0.385. The Bertz CT molecular complexity index is 565. The van der Waals surface area contributed by atoms with E-state index < -0.39 is 35.3 Å². The summed E-state index contributed by atoms with van der Waals surface area (Å²) in [6.07, 6.45) is 1.49. The SMILES string of the molecule is O=C(O)[C@H]1CCC[C@H]1C(=O)Nc1cc(F)c(Br)cc1F. The number of nitrogens with one attached hydrogen (secondary N) is 1. The average molecular weight is 348 g/mol. The van der Waals surface area contributed by atoms with Crippen molar-refractivity contribution in [3.63, 3.8) is 0 Å². The third kappa shape index (κ3) is 2.98. The van der Waals surface area contributed by atoms with Crippen LogP contribution >= 0.6 is 15.9 Å². The van der Waals surface area contributed by atoms with E-state index in [9.17, 15) is 18.4 Å². The molecular formula is C13H12BrF2NO3. The first-order valence-electron chi connectivity index (χ1n) is 6.08. The summed E-state index contributed by atoms with van der Waals surface area (Å²) in [4.78, 5) is 23.0. The van der Waals surface area contributed by atoms with Crippen LogP contribution in [-0.2, 0) is 9.59 Å². The quantitative estimate of drug-likeness (QED) is 0.825. The van der Waals surface area contributed by atoms with Crippen LogP contribution in [0, 0.1) is 23.5 Å². The van der Waals surface area contributed by atoms with Crippen molar-refractivity contribution in [1.29, 1.82) is 0 Å². The van der Waals surface area contributed by atoms with Crippen molar-refractivity contribution in [3.05, 3.63) is 28.2 Å². The number of hydrogen-bond donors (Lipinski definition) is 2. The van der Waals surface area contributed by atoms with Gasteiger partial charge in [-0.15, -0.1) is 0 Å². The van der Waals surface area contributed by atoms with E-state index in [1.807, 2.05) is 0 Å². The second kappa shape index (κ2) is 5.87. The number of benzene rings is 1. The first kappa shape index (κ1) is 14.9. The molecule has 1 aromatic rings. The van der Waals surface area contributed by atoms with Gasteiger partial charge < -0.3 is 10.4 Å². The summed E-state index contributed by atoms with van der Waals surface area (Å²) in [5.74, 6) is -4.59. The van der Waals surface area contributed by atoms with E-state index in [1.54, 1.807) is 0 Å². The van der Waals surface area contributed by atoms with Gasteiger partial charge in [0.1, 0.15) is 11.6 Å². The number of hydrogen-bond acceptors (Lipinski definition) is 2. The number of carbonyl (C=O) groups excluding carboxylic acids is 1. The van der Waals surface area contributed by atoms with E-state index in [-0.39, 0.29) is 10.2 Å². The predicted molar refractivity (Wildman–Crippen MR) is 71.2 cm³/mol. The molecule has 1 aliphatic carbocycles. The van der Waals surface area contributed by atoms with Crippen LogP contribution in [0.3, 0.4) is 0 Å². The minimum Gasteiger partial charge on any atom is -0.481 e. The topological polar surface area (TPSA) is 66.4 Å². The molecule has 1 aromatic carbocycles. The van der Waals surface area contributed by atoms with Gasteiger partial charge >= 0.3 is 5.97 Å². The molecule has 2 rings (SSSR count). The van der Waals surface area contributed by atoms with Crippen molar-refractivity contribution in [2.24, 2.45) is 11.8 Å². The number of amides is 1. The van der Waals surface area contributed by atoms with Gasteiger partial charge in [-0.1, -0.05) is 6.42 Å². The van der Waals surface area contributed by atoms with E-state index in [0.717, 1.165) is 12.1 Å². The van der Waals surface area contributed by atoms with Crippen LogP contribution in [0.4, 0.5) is 14.5 Å². The van der Waals surface area contributed by atoms with Gasteiger partial charge in [0.05, 0.1) is 22.0 Å². The third-order valence-corrected chi connectivity index (χ3v) is 4.05. The number of carboxylic acid groups (broad SMARTS) is 1. The molecule has 0 saturated heterocycles. The van der Waals surface area contributed by atoms with E-state index in [2.05, 4.69) is 21.2 Å². The van der Waals surface area contributed by atoms with Gasteiger partial charge in [-0.05, 0) is 34.8 Å². The molecule has 7 heteroatoms. The highest BCUT2D eigenvalue weighted by molar-refractivity contribution is 9.10. The third-order valence-electron chi connectivity index (χ3n) is 3.44. The molecule has 0 aliphatic heterocycles. The Hall–Kier alpha value is -1.50.